The summed E-state index contributed by atoms with van der Waals surface area (Å²) in [5, 5.41) is 2.81. The summed E-state index contributed by atoms with van der Waals surface area (Å²) in [6.07, 6.45) is 2.03. The van der Waals surface area contributed by atoms with Gasteiger partial charge in [0.1, 0.15) is 11.4 Å². The average molecular weight is 337 g/mol. The number of amides is 2. The smallest absolute Gasteiger partial charge is 0.274 e. The molecule has 5 heteroatoms. The number of nitrogens with one attached hydrogen (secondary N) is 1. The highest BCUT2D eigenvalue weighted by atomic mass is 16.2. The van der Waals surface area contributed by atoms with Gasteiger partial charge in [-0.25, -0.2) is 4.98 Å². The predicted octanol–water partition coefficient (Wildman–Crippen LogP) is 3.51. The first-order valence-electron chi connectivity index (χ1n) is 8.67. The minimum Gasteiger partial charge on any atom is -0.337 e. The molecule has 0 atom stereocenters. The number of piperidine rings is 1. The lowest BCUT2D eigenvalue weighted by molar-refractivity contribution is 0.0691. The zero-order valence-electron chi connectivity index (χ0n) is 14.7. The molecule has 2 heterocycles. The summed E-state index contributed by atoms with van der Waals surface area (Å²) in [4.78, 5) is 31.1. The van der Waals surface area contributed by atoms with Crippen LogP contribution in [0.1, 0.15) is 46.3 Å². The molecule has 0 spiro atoms. The van der Waals surface area contributed by atoms with E-state index in [1.807, 2.05) is 36.1 Å². The largest absolute Gasteiger partial charge is 0.337 e. The molecular weight excluding hydrogens is 314 g/mol. The molecule has 3 rings (SSSR count). The molecule has 25 heavy (non-hydrogen) atoms. The van der Waals surface area contributed by atoms with Gasteiger partial charge in [0.2, 0.25) is 0 Å². The number of hydrogen-bond donors (Lipinski definition) is 1. The van der Waals surface area contributed by atoms with Crippen LogP contribution < -0.4 is 5.32 Å². The number of rotatable bonds is 3. The average Bonchev–Trinajstić information content (AvgIpc) is 2.64. The maximum absolute atomic E-state index is 12.6. The van der Waals surface area contributed by atoms with E-state index in [0.29, 0.717) is 17.3 Å². The maximum Gasteiger partial charge on any atom is 0.274 e. The molecule has 1 aromatic heterocycles. The number of pyridine rings is 1. The zero-order valence-corrected chi connectivity index (χ0v) is 14.7. The van der Waals surface area contributed by atoms with Crippen LogP contribution in [0.25, 0.3) is 0 Å². The number of aryl methyl sites for hydroxylation is 1. The van der Waals surface area contributed by atoms with Crippen molar-refractivity contribution >= 4 is 17.5 Å². The number of nitrogens with zero attached hydrogens (tertiary/aromatic N) is 2. The lowest BCUT2D eigenvalue weighted by atomic mass is 9.99. The lowest BCUT2D eigenvalue weighted by Gasteiger charge is -2.30. The molecule has 1 N–H and O–H groups in total. The molecular formula is C20H23N3O2. The van der Waals surface area contributed by atoms with Crippen LogP contribution in [0.5, 0.6) is 0 Å². The van der Waals surface area contributed by atoms with E-state index in [-0.39, 0.29) is 17.5 Å². The van der Waals surface area contributed by atoms with Crippen molar-refractivity contribution in [2.24, 2.45) is 5.92 Å². The Morgan fingerprint density at radius 3 is 2.36 bits per heavy atom. The summed E-state index contributed by atoms with van der Waals surface area (Å²) >= 11 is 0. The molecule has 1 fully saturated rings. The fourth-order valence-corrected chi connectivity index (χ4v) is 2.89. The van der Waals surface area contributed by atoms with Gasteiger partial charge in [-0.3, -0.25) is 9.59 Å². The SMILES string of the molecule is Cc1ccc(NC(=O)c2cccc(C(=O)N3CCC(C)CC3)n2)cc1. The number of carbonyl (C=O) groups is 2. The van der Waals surface area contributed by atoms with Crippen LogP contribution in [-0.2, 0) is 0 Å². The van der Waals surface area contributed by atoms with Gasteiger partial charge in [0.15, 0.2) is 0 Å². The van der Waals surface area contributed by atoms with Crippen LogP contribution in [0.4, 0.5) is 5.69 Å². The molecule has 5 nitrogen and oxygen atoms in total. The normalized spacial score (nSPS) is 15.0. The van der Waals surface area contributed by atoms with Gasteiger partial charge in [-0.1, -0.05) is 30.7 Å². The number of aromatic nitrogens is 1. The van der Waals surface area contributed by atoms with Crippen molar-refractivity contribution in [3.05, 3.63) is 59.4 Å². The van der Waals surface area contributed by atoms with E-state index < -0.39 is 0 Å². The minimum atomic E-state index is -0.314. The lowest BCUT2D eigenvalue weighted by Crippen LogP contribution is -2.38. The third-order valence-corrected chi connectivity index (χ3v) is 4.58. The monoisotopic (exact) mass is 337 g/mol. The van der Waals surface area contributed by atoms with Gasteiger partial charge in [-0.15, -0.1) is 0 Å². The molecule has 130 valence electrons. The number of hydrogen-bond acceptors (Lipinski definition) is 3. The summed E-state index contributed by atoms with van der Waals surface area (Å²) in [7, 11) is 0. The van der Waals surface area contributed by atoms with Crippen molar-refractivity contribution in [1.82, 2.24) is 9.88 Å². The molecule has 1 aromatic carbocycles. The van der Waals surface area contributed by atoms with E-state index in [2.05, 4.69) is 17.2 Å². The van der Waals surface area contributed by atoms with Gasteiger partial charge >= 0.3 is 0 Å². The van der Waals surface area contributed by atoms with Crippen molar-refractivity contribution in [3.63, 3.8) is 0 Å². The Balaban J connectivity index is 1.71. The molecule has 2 amide bonds. The molecule has 1 aliphatic rings. The van der Waals surface area contributed by atoms with E-state index in [4.69, 9.17) is 0 Å². The van der Waals surface area contributed by atoms with Crippen LogP contribution in [0.2, 0.25) is 0 Å². The first-order chi connectivity index (χ1) is 12.0. The Hall–Kier alpha value is -2.69. The Labute approximate surface area is 148 Å². The van der Waals surface area contributed by atoms with Crippen LogP contribution >= 0.6 is 0 Å². The summed E-state index contributed by atoms with van der Waals surface area (Å²) in [5.74, 6) is 0.242. The van der Waals surface area contributed by atoms with E-state index in [0.717, 1.165) is 31.5 Å². The predicted molar refractivity (Wildman–Crippen MR) is 97.7 cm³/mol. The second kappa shape index (κ2) is 7.47. The highest BCUT2D eigenvalue weighted by Crippen LogP contribution is 2.18. The third kappa shape index (κ3) is 4.24. The number of likely N-dealkylation sites (tertiary alicyclic amines) is 1. The van der Waals surface area contributed by atoms with Gasteiger partial charge in [-0.2, -0.15) is 0 Å². The maximum atomic E-state index is 12.6. The summed E-state index contributed by atoms with van der Waals surface area (Å²) in [6, 6.07) is 12.5. The molecule has 2 aromatic rings. The molecule has 0 unspecified atom stereocenters. The van der Waals surface area contributed by atoms with Crippen molar-refractivity contribution < 1.29 is 9.59 Å². The third-order valence-electron chi connectivity index (χ3n) is 4.58. The summed E-state index contributed by atoms with van der Waals surface area (Å²) < 4.78 is 0. The van der Waals surface area contributed by atoms with E-state index >= 15 is 0 Å². The fourth-order valence-electron chi connectivity index (χ4n) is 2.89. The summed E-state index contributed by atoms with van der Waals surface area (Å²) in [5.41, 5.74) is 2.40. The van der Waals surface area contributed by atoms with Gasteiger partial charge < -0.3 is 10.2 Å². The van der Waals surface area contributed by atoms with Gasteiger partial charge in [-0.05, 0) is 49.9 Å². The van der Waals surface area contributed by atoms with Gasteiger partial charge in [0.25, 0.3) is 11.8 Å². The first kappa shape index (κ1) is 17.1. The standard InChI is InChI=1S/C20H23N3O2/c1-14-6-8-16(9-7-14)21-19(24)17-4-3-5-18(22-17)20(25)23-12-10-15(2)11-13-23/h3-9,15H,10-13H2,1-2H3,(H,21,24). The highest BCUT2D eigenvalue weighted by molar-refractivity contribution is 6.03. The molecule has 1 aliphatic heterocycles. The highest BCUT2D eigenvalue weighted by Gasteiger charge is 2.23. The van der Waals surface area contributed by atoms with Crippen LogP contribution in [0.15, 0.2) is 42.5 Å². The topological polar surface area (TPSA) is 62.3 Å². The van der Waals surface area contributed by atoms with Gasteiger partial charge in [0, 0.05) is 18.8 Å². The van der Waals surface area contributed by atoms with Crippen molar-refractivity contribution in [3.8, 4) is 0 Å². The molecule has 0 aliphatic carbocycles. The van der Waals surface area contributed by atoms with E-state index in [9.17, 15) is 9.59 Å². The molecule has 0 radical (unpaired) electrons. The Morgan fingerprint density at radius 2 is 1.68 bits per heavy atom. The van der Waals surface area contributed by atoms with Crippen molar-refractivity contribution in [2.45, 2.75) is 26.7 Å². The summed E-state index contributed by atoms with van der Waals surface area (Å²) in [6.45, 7) is 5.70. The molecule has 0 saturated carbocycles. The van der Waals surface area contributed by atoms with Crippen LogP contribution in [-0.4, -0.2) is 34.8 Å². The number of carbonyl (C=O) groups excluding carboxylic acids is 2. The Morgan fingerprint density at radius 1 is 1.04 bits per heavy atom. The first-order valence-corrected chi connectivity index (χ1v) is 8.67. The van der Waals surface area contributed by atoms with Crippen LogP contribution in [0.3, 0.4) is 0 Å². The van der Waals surface area contributed by atoms with Crippen molar-refractivity contribution in [2.75, 3.05) is 18.4 Å². The van der Waals surface area contributed by atoms with E-state index in [1.165, 1.54) is 0 Å². The van der Waals surface area contributed by atoms with E-state index in [1.54, 1.807) is 18.2 Å². The zero-order chi connectivity index (χ0) is 17.8. The minimum absolute atomic E-state index is 0.100. The number of benzene rings is 1. The van der Waals surface area contributed by atoms with Gasteiger partial charge in [0.05, 0.1) is 0 Å². The van der Waals surface area contributed by atoms with Crippen molar-refractivity contribution in [1.29, 1.82) is 0 Å². The fraction of sp³-hybridized carbons (Fsp3) is 0.350. The second-order valence-corrected chi connectivity index (χ2v) is 6.70. The molecule has 0 bridgehead atoms. The Kier molecular flexibility index (Phi) is 5.12. The second-order valence-electron chi connectivity index (χ2n) is 6.70. The Bertz CT molecular complexity index is 763. The number of anilines is 1. The molecule has 1 saturated heterocycles. The quantitative estimate of drug-likeness (QED) is 0.932. The van der Waals surface area contributed by atoms with Crippen LogP contribution in [0, 0.1) is 12.8 Å².